The molecule has 128 valence electrons. The second-order valence-corrected chi connectivity index (χ2v) is 6.79. The zero-order valence-corrected chi connectivity index (χ0v) is 15.1. The van der Waals surface area contributed by atoms with Crippen LogP contribution in [0.1, 0.15) is 44.0 Å². The number of hydrogen-bond donors (Lipinski definition) is 2. The average Bonchev–Trinajstić information content (AvgIpc) is 2.42. The Kier molecular flexibility index (Phi) is 7.35. The van der Waals surface area contributed by atoms with E-state index >= 15 is 0 Å². The largest absolute Gasteiger partial charge is 0.492 e. The molecule has 0 fully saturated rings. The zero-order chi connectivity index (χ0) is 17.5. The third-order valence-corrected chi connectivity index (χ3v) is 3.33. The quantitative estimate of drug-likeness (QED) is 0.694. The maximum atomic E-state index is 11.4. The van der Waals surface area contributed by atoms with E-state index < -0.39 is 17.7 Å². The van der Waals surface area contributed by atoms with Gasteiger partial charge in [0, 0.05) is 6.54 Å². The minimum absolute atomic E-state index is 0.176. The summed E-state index contributed by atoms with van der Waals surface area (Å²) in [4.78, 5) is 22.4. The van der Waals surface area contributed by atoms with E-state index in [9.17, 15) is 9.59 Å². The molecule has 0 bridgehead atoms. The molecule has 0 aromatic heterocycles. The van der Waals surface area contributed by atoms with Gasteiger partial charge in [0.25, 0.3) is 0 Å². The van der Waals surface area contributed by atoms with Crippen LogP contribution in [0.25, 0.3) is 0 Å². The number of halogens is 1. The molecule has 1 rings (SSSR count). The average molecular weight is 388 g/mol. The van der Waals surface area contributed by atoms with Gasteiger partial charge in [-0.3, -0.25) is 0 Å². The third-order valence-electron chi connectivity index (χ3n) is 2.68. The smallest absolute Gasteiger partial charge is 0.407 e. The summed E-state index contributed by atoms with van der Waals surface area (Å²) >= 11 is 3.32. The van der Waals surface area contributed by atoms with Crippen LogP contribution in [-0.4, -0.2) is 35.9 Å². The molecule has 2 N–H and O–H groups in total. The molecule has 0 atom stereocenters. The number of benzene rings is 1. The summed E-state index contributed by atoms with van der Waals surface area (Å²) in [6, 6.07) is 4.62. The molecule has 7 heteroatoms. The zero-order valence-electron chi connectivity index (χ0n) is 13.5. The van der Waals surface area contributed by atoms with Gasteiger partial charge in [0.05, 0.1) is 16.6 Å². The number of hydrogen-bond acceptors (Lipinski definition) is 4. The Bertz CT molecular complexity index is 554. The monoisotopic (exact) mass is 387 g/mol. The molecule has 0 unspecified atom stereocenters. The number of alkyl carbamates (subject to hydrolysis) is 1. The molecule has 1 amide bonds. The summed E-state index contributed by atoms with van der Waals surface area (Å²) in [5.74, 6) is -0.506. The molecule has 0 heterocycles. The van der Waals surface area contributed by atoms with Gasteiger partial charge in [-0.2, -0.15) is 0 Å². The summed E-state index contributed by atoms with van der Waals surface area (Å²) in [5, 5.41) is 11.6. The number of amides is 1. The fourth-order valence-corrected chi connectivity index (χ4v) is 2.02. The molecule has 0 saturated carbocycles. The number of unbranched alkanes of at least 4 members (excludes halogenated alkanes) is 1. The number of ether oxygens (including phenoxy) is 2. The molecule has 1 aromatic carbocycles. The second-order valence-electron chi connectivity index (χ2n) is 5.93. The van der Waals surface area contributed by atoms with Gasteiger partial charge in [-0.05, 0) is 67.7 Å². The van der Waals surface area contributed by atoms with Crippen LogP contribution in [0, 0.1) is 0 Å². The number of nitrogens with one attached hydrogen (secondary N) is 1. The number of rotatable bonds is 7. The van der Waals surface area contributed by atoms with Crippen LogP contribution in [0.4, 0.5) is 4.79 Å². The molecule has 0 aliphatic heterocycles. The predicted octanol–water partition coefficient (Wildman–Crippen LogP) is 3.83. The highest BCUT2D eigenvalue weighted by Crippen LogP contribution is 2.26. The summed E-state index contributed by atoms with van der Waals surface area (Å²) in [7, 11) is 0. The first-order valence-electron chi connectivity index (χ1n) is 7.31. The van der Waals surface area contributed by atoms with Gasteiger partial charge in [0.1, 0.15) is 11.4 Å². The molecular formula is C16H22BrNO5. The van der Waals surface area contributed by atoms with Gasteiger partial charge in [-0.25, -0.2) is 9.59 Å². The lowest BCUT2D eigenvalue weighted by molar-refractivity contribution is 0.0525. The third kappa shape index (κ3) is 7.88. The van der Waals surface area contributed by atoms with E-state index in [-0.39, 0.29) is 5.56 Å². The first-order valence-corrected chi connectivity index (χ1v) is 8.11. The Hall–Kier alpha value is -1.76. The van der Waals surface area contributed by atoms with Crippen molar-refractivity contribution in [3.05, 3.63) is 28.2 Å². The van der Waals surface area contributed by atoms with Crippen LogP contribution in [-0.2, 0) is 4.74 Å². The van der Waals surface area contributed by atoms with Gasteiger partial charge in [0.15, 0.2) is 0 Å². The maximum absolute atomic E-state index is 11.4. The normalized spacial score (nSPS) is 11.0. The SMILES string of the molecule is CC(C)(C)OC(=O)NCCCCOc1cc(C(=O)O)ccc1Br. The van der Waals surface area contributed by atoms with E-state index in [4.69, 9.17) is 14.6 Å². The van der Waals surface area contributed by atoms with Gasteiger partial charge in [0.2, 0.25) is 0 Å². The van der Waals surface area contributed by atoms with E-state index in [0.29, 0.717) is 23.4 Å². The lowest BCUT2D eigenvalue weighted by atomic mass is 10.2. The van der Waals surface area contributed by atoms with E-state index in [1.807, 2.05) is 20.8 Å². The Labute approximate surface area is 144 Å². The second kappa shape index (κ2) is 8.76. The van der Waals surface area contributed by atoms with Gasteiger partial charge < -0.3 is 19.9 Å². The Morgan fingerprint density at radius 1 is 1.26 bits per heavy atom. The fourth-order valence-electron chi connectivity index (χ4n) is 1.66. The van der Waals surface area contributed by atoms with Crippen molar-refractivity contribution in [3.63, 3.8) is 0 Å². The van der Waals surface area contributed by atoms with Crippen LogP contribution in [0.5, 0.6) is 5.75 Å². The Balaban J connectivity index is 2.27. The molecule has 0 radical (unpaired) electrons. The van der Waals surface area contributed by atoms with Crippen molar-refractivity contribution in [2.45, 2.75) is 39.2 Å². The topological polar surface area (TPSA) is 84.9 Å². The van der Waals surface area contributed by atoms with Gasteiger partial charge >= 0.3 is 12.1 Å². The van der Waals surface area contributed by atoms with Crippen molar-refractivity contribution in [2.24, 2.45) is 0 Å². The molecule has 6 nitrogen and oxygen atoms in total. The van der Waals surface area contributed by atoms with Crippen molar-refractivity contribution in [1.29, 1.82) is 0 Å². The highest BCUT2D eigenvalue weighted by molar-refractivity contribution is 9.10. The van der Waals surface area contributed by atoms with Crippen molar-refractivity contribution < 1.29 is 24.2 Å². The maximum Gasteiger partial charge on any atom is 0.407 e. The van der Waals surface area contributed by atoms with Gasteiger partial charge in [-0.1, -0.05) is 0 Å². The van der Waals surface area contributed by atoms with Crippen molar-refractivity contribution >= 4 is 28.0 Å². The molecule has 0 saturated heterocycles. The molecule has 23 heavy (non-hydrogen) atoms. The highest BCUT2D eigenvalue weighted by Gasteiger charge is 2.15. The first kappa shape index (κ1) is 19.3. The minimum atomic E-state index is -0.996. The summed E-state index contributed by atoms with van der Waals surface area (Å²) in [6.07, 6.45) is 1.02. The van der Waals surface area contributed by atoms with Crippen LogP contribution < -0.4 is 10.1 Å². The van der Waals surface area contributed by atoms with Crippen molar-refractivity contribution in [3.8, 4) is 5.75 Å². The van der Waals surface area contributed by atoms with Crippen LogP contribution in [0.2, 0.25) is 0 Å². The Morgan fingerprint density at radius 2 is 1.96 bits per heavy atom. The lowest BCUT2D eigenvalue weighted by Gasteiger charge is -2.19. The van der Waals surface area contributed by atoms with Crippen molar-refractivity contribution in [2.75, 3.05) is 13.2 Å². The van der Waals surface area contributed by atoms with E-state index in [0.717, 1.165) is 12.8 Å². The molecule has 0 aliphatic carbocycles. The number of carboxylic acid groups (broad SMARTS) is 1. The summed E-state index contributed by atoms with van der Waals surface area (Å²) in [6.45, 7) is 6.35. The van der Waals surface area contributed by atoms with E-state index in [1.54, 1.807) is 6.07 Å². The van der Waals surface area contributed by atoms with E-state index in [2.05, 4.69) is 21.2 Å². The standard InChI is InChI=1S/C16H22BrNO5/c1-16(2,3)23-15(21)18-8-4-5-9-22-13-10-11(14(19)20)6-7-12(13)17/h6-7,10H,4-5,8-9H2,1-3H3,(H,18,21)(H,19,20). The van der Waals surface area contributed by atoms with Gasteiger partial charge in [-0.15, -0.1) is 0 Å². The Morgan fingerprint density at radius 3 is 2.57 bits per heavy atom. The van der Waals surface area contributed by atoms with E-state index in [1.165, 1.54) is 12.1 Å². The highest BCUT2D eigenvalue weighted by atomic mass is 79.9. The number of carbonyl (C=O) groups excluding carboxylic acids is 1. The molecule has 0 aliphatic rings. The number of aromatic carboxylic acids is 1. The van der Waals surface area contributed by atoms with Crippen LogP contribution >= 0.6 is 15.9 Å². The first-order chi connectivity index (χ1) is 10.7. The number of carbonyl (C=O) groups is 2. The fraction of sp³-hybridized carbons (Fsp3) is 0.500. The molecular weight excluding hydrogens is 366 g/mol. The van der Waals surface area contributed by atoms with Crippen LogP contribution in [0.3, 0.4) is 0 Å². The van der Waals surface area contributed by atoms with Crippen LogP contribution in [0.15, 0.2) is 22.7 Å². The molecule has 0 spiro atoms. The van der Waals surface area contributed by atoms with Crippen molar-refractivity contribution in [1.82, 2.24) is 5.32 Å². The summed E-state index contributed by atoms with van der Waals surface area (Å²) < 4.78 is 11.4. The lowest BCUT2D eigenvalue weighted by Crippen LogP contribution is -2.33. The summed E-state index contributed by atoms with van der Waals surface area (Å²) in [5.41, 5.74) is -0.330. The predicted molar refractivity (Wildman–Crippen MR) is 90.1 cm³/mol. The minimum Gasteiger partial charge on any atom is -0.492 e. The molecule has 1 aromatic rings. The number of carboxylic acids is 1.